The van der Waals surface area contributed by atoms with Crippen molar-refractivity contribution in [3.63, 3.8) is 0 Å². The summed E-state index contributed by atoms with van der Waals surface area (Å²) in [5, 5.41) is 10.3. The molecule has 0 bridgehead atoms. The van der Waals surface area contributed by atoms with Gasteiger partial charge in [0.2, 0.25) is 5.91 Å². The van der Waals surface area contributed by atoms with Crippen molar-refractivity contribution in [1.29, 1.82) is 0 Å². The first-order valence-electron chi connectivity index (χ1n) is 27.4. The lowest BCUT2D eigenvalue weighted by atomic mass is 9.95. The second kappa shape index (κ2) is 27.7. The number of anilines is 1. The molecule has 16 heteroatoms. The van der Waals surface area contributed by atoms with Gasteiger partial charge in [0, 0.05) is 103 Å². The zero-order valence-corrected chi connectivity index (χ0v) is 44.9. The van der Waals surface area contributed by atoms with Crippen LogP contribution in [0.25, 0.3) is 0 Å². The van der Waals surface area contributed by atoms with E-state index in [-0.39, 0.29) is 66.9 Å². The van der Waals surface area contributed by atoms with E-state index in [1.165, 1.54) is 0 Å². The first-order chi connectivity index (χ1) is 36.4. The minimum atomic E-state index is -0.391. The minimum Gasteiger partial charge on any atom is -0.370 e. The number of fused-ring (bicyclic) bond motifs is 4. The van der Waals surface area contributed by atoms with Crippen molar-refractivity contribution in [3.05, 3.63) is 100 Å². The number of hydrogen-bond acceptors (Lipinski definition) is 14. The molecule has 3 aromatic carbocycles. The highest BCUT2D eigenvalue weighted by Crippen LogP contribution is 2.36. The predicted octanol–water partition coefficient (Wildman–Crippen LogP) is 7.68. The normalized spacial score (nSPS) is 20.9. The van der Waals surface area contributed by atoms with Crippen LogP contribution in [0.2, 0.25) is 0 Å². The molecule has 5 aliphatic heterocycles. The van der Waals surface area contributed by atoms with Crippen LogP contribution in [0.15, 0.2) is 76.7 Å². The Morgan fingerprint density at radius 2 is 1.07 bits per heavy atom. The summed E-state index contributed by atoms with van der Waals surface area (Å²) < 4.78 is 0. The van der Waals surface area contributed by atoms with E-state index in [4.69, 9.17) is 11.5 Å². The minimum absolute atomic E-state index is 0.0274. The Hall–Kier alpha value is -5.92. The summed E-state index contributed by atoms with van der Waals surface area (Å²) in [6, 6.07) is 21.8. The van der Waals surface area contributed by atoms with Gasteiger partial charge in [-0.05, 0) is 98.4 Å². The van der Waals surface area contributed by atoms with E-state index < -0.39 is 5.91 Å². The van der Waals surface area contributed by atoms with Gasteiger partial charge in [0.05, 0.1) is 36.4 Å². The van der Waals surface area contributed by atoms with Gasteiger partial charge in [-0.1, -0.05) is 73.9 Å². The molecule has 14 nitrogen and oxygen atoms in total. The molecule has 8 rings (SSSR count). The molecule has 5 aliphatic rings. The fourth-order valence-corrected chi connectivity index (χ4v) is 14.0. The molecule has 6 unspecified atom stereocenters. The van der Waals surface area contributed by atoms with Crippen molar-refractivity contribution in [2.75, 3.05) is 23.0 Å². The number of para-hydroxylation sites is 1. The largest absolute Gasteiger partial charge is 0.370 e. The molecule has 0 aliphatic carbocycles. The fraction of sp³-hybridized carbons (Fsp3) is 0.525. The summed E-state index contributed by atoms with van der Waals surface area (Å²) >= 11 is 3.88. The molecule has 2 amide bonds. The molecule has 0 radical (unpaired) electrons. The highest BCUT2D eigenvalue weighted by atomic mass is 32.2. The van der Waals surface area contributed by atoms with E-state index in [9.17, 15) is 28.8 Å². The van der Waals surface area contributed by atoms with Crippen LogP contribution < -0.4 is 32.3 Å². The number of amides is 2. The number of carbonyl (C=O) groups is 6. The van der Waals surface area contributed by atoms with Gasteiger partial charge in [0.15, 0.2) is 11.9 Å². The number of aliphatic imine (C=N–C) groups is 2. The van der Waals surface area contributed by atoms with E-state index >= 15 is 0 Å². The number of thioether (sulfide) groups is 2. The second-order valence-corrected chi connectivity index (χ2v) is 23.4. The molecule has 5 heterocycles. The fourth-order valence-electron chi connectivity index (χ4n) is 10.9. The van der Waals surface area contributed by atoms with Crippen molar-refractivity contribution in [3.8, 4) is 11.8 Å². The molecular formula is C59H74N8O6S2. The average Bonchev–Trinajstić information content (AvgIpc) is 4.16. The Morgan fingerprint density at radius 3 is 1.63 bits per heavy atom. The SMILES string of the molecule is NC1=NC2C(CSC2CCCCC(=O)CCCCCC(=O)Cc2cc(CC(=O)CCCCCC(=O)CCCCC3SCC4NC(N)=NC43)cc(C(=O)NCCC(=O)N3Cc4ccccc4C#Cc4ccccc43)c2)N1. The number of hydrogen-bond donors (Lipinski definition) is 5. The number of nitrogens with one attached hydrogen (secondary N) is 3. The van der Waals surface area contributed by atoms with Crippen LogP contribution >= 0.6 is 23.5 Å². The smallest absolute Gasteiger partial charge is 0.251 e. The lowest BCUT2D eigenvalue weighted by Gasteiger charge is -2.26. The van der Waals surface area contributed by atoms with Gasteiger partial charge in [0.25, 0.3) is 5.91 Å². The van der Waals surface area contributed by atoms with Crippen molar-refractivity contribution < 1.29 is 28.8 Å². The number of Topliss-reactive ketones (excluding diaryl/α,β-unsaturated/α-hetero) is 4. The van der Waals surface area contributed by atoms with Crippen LogP contribution in [0.4, 0.5) is 5.69 Å². The van der Waals surface area contributed by atoms with Gasteiger partial charge in [0.1, 0.15) is 23.1 Å². The van der Waals surface area contributed by atoms with Crippen LogP contribution in [0.5, 0.6) is 0 Å². The number of nitrogens with two attached hydrogens (primary N) is 2. The van der Waals surface area contributed by atoms with E-state index in [1.807, 2.05) is 78.1 Å². The lowest BCUT2D eigenvalue weighted by Crippen LogP contribution is -2.38. The van der Waals surface area contributed by atoms with Crippen molar-refractivity contribution in [2.24, 2.45) is 21.5 Å². The Kier molecular flexibility index (Phi) is 20.5. The summed E-state index contributed by atoms with van der Waals surface area (Å²) in [7, 11) is 0. The van der Waals surface area contributed by atoms with E-state index in [1.54, 1.807) is 17.0 Å². The zero-order valence-electron chi connectivity index (χ0n) is 43.3. The number of ketones is 4. The summed E-state index contributed by atoms with van der Waals surface area (Å²) in [4.78, 5) is 90.7. The van der Waals surface area contributed by atoms with Crippen LogP contribution in [0.1, 0.15) is 160 Å². The van der Waals surface area contributed by atoms with Crippen LogP contribution in [0, 0.1) is 11.8 Å². The summed E-state index contributed by atoms with van der Waals surface area (Å²) in [6.45, 7) is 0.428. The molecule has 398 valence electrons. The maximum Gasteiger partial charge on any atom is 0.251 e. The number of rotatable bonds is 30. The molecule has 2 fully saturated rings. The highest BCUT2D eigenvalue weighted by Gasteiger charge is 2.41. The van der Waals surface area contributed by atoms with E-state index in [0.29, 0.717) is 109 Å². The Morgan fingerprint density at radius 1 is 0.587 bits per heavy atom. The highest BCUT2D eigenvalue weighted by molar-refractivity contribution is 8.00. The summed E-state index contributed by atoms with van der Waals surface area (Å²) in [6.07, 6.45) is 13.3. The Balaban J connectivity index is 0.782. The average molecular weight is 1060 g/mol. The van der Waals surface area contributed by atoms with Gasteiger partial charge in [-0.15, -0.1) is 0 Å². The Bertz CT molecular complexity index is 2580. The lowest BCUT2D eigenvalue weighted by molar-refractivity contribution is -0.120. The number of guanidine groups is 2. The monoisotopic (exact) mass is 1050 g/mol. The van der Waals surface area contributed by atoms with Gasteiger partial charge in [-0.2, -0.15) is 23.5 Å². The molecule has 0 spiro atoms. The van der Waals surface area contributed by atoms with Gasteiger partial charge >= 0.3 is 0 Å². The number of carbonyl (C=O) groups excluding carboxylic acids is 6. The molecule has 2 saturated heterocycles. The topological polar surface area (TPSA) is 219 Å². The number of benzene rings is 3. The third-order valence-corrected chi connectivity index (χ3v) is 17.9. The van der Waals surface area contributed by atoms with Crippen LogP contribution in [-0.2, 0) is 43.4 Å². The van der Waals surface area contributed by atoms with Crippen LogP contribution in [0.3, 0.4) is 0 Å². The summed E-state index contributed by atoms with van der Waals surface area (Å²) in [5.41, 5.74) is 16.6. The van der Waals surface area contributed by atoms with Crippen molar-refractivity contribution in [2.45, 2.75) is 176 Å². The quantitative estimate of drug-likeness (QED) is 0.0321. The molecule has 75 heavy (non-hydrogen) atoms. The third kappa shape index (κ3) is 16.3. The first-order valence-corrected chi connectivity index (χ1v) is 29.5. The van der Waals surface area contributed by atoms with Gasteiger partial charge in [-0.3, -0.25) is 28.8 Å². The molecule has 6 atom stereocenters. The second-order valence-electron chi connectivity index (χ2n) is 20.8. The standard InChI is InChI=1S/C59H74N8O6S2/c60-58-63-49-37-74-52(55(49)65-58)25-13-10-20-45(68)18-3-1-5-22-47(70)34-39-31-40(35-48(71)23-6-2-4-19-46(69)21-11-14-26-53-56-50(38-75-53)64-59(61)66-56)33-44(32-39)57(73)62-30-29-54(72)67-36-43-17-8-7-15-41(43)27-28-42-16-9-12-24-51(42)67/h7-9,12,15-17,24,31-33,49-50,52-53,55-56H,1-6,10-11,13-14,18-23,25-26,29-30,34-38H2,(H,62,73)(H3,60,63,65)(H3,61,64,66). The van der Waals surface area contributed by atoms with Gasteiger partial charge < -0.3 is 32.3 Å². The van der Waals surface area contributed by atoms with Crippen LogP contribution in [-0.4, -0.2) is 99.6 Å². The Labute approximate surface area is 451 Å². The molecular weight excluding hydrogens is 981 g/mol. The van der Waals surface area contributed by atoms with E-state index in [2.05, 4.69) is 37.8 Å². The van der Waals surface area contributed by atoms with Crippen molar-refractivity contribution >= 4 is 76.1 Å². The van der Waals surface area contributed by atoms with E-state index in [0.717, 1.165) is 98.1 Å². The third-order valence-electron chi connectivity index (χ3n) is 14.9. The molecule has 3 aromatic rings. The van der Waals surface area contributed by atoms with Gasteiger partial charge in [-0.25, -0.2) is 9.98 Å². The summed E-state index contributed by atoms with van der Waals surface area (Å²) in [5.74, 6) is 9.61. The maximum absolute atomic E-state index is 13.9. The zero-order chi connectivity index (χ0) is 52.5. The molecule has 7 N–H and O–H groups in total. The molecule has 0 aromatic heterocycles. The van der Waals surface area contributed by atoms with Crippen molar-refractivity contribution in [1.82, 2.24) is 16.0 Å². The number of nitrogens with zero attached hydrogens (tertiary/aromatic N) is 3. The number of unbranched alkanes of at least 4 members (excludes halogenated alkanes) is 6. The predicted molar refractivity (Wildman–Crippen MR) is 301 cm³/mol. The first kappa shape index (κ1) is 55.3. The molecule has 0 saturated carbocycles. The maximum atomic E-state index is 13.9.